The lowest BCUT2D eigenvalue weighted by Gasteiger charge is -2.24. The lowest BCUT2D eigenvalue weighted by Crippen LogP contribution is -2.31. The minimum atomic E-state index is -0.270. The molecule has 1 N–H and O–H groups in total. The van der Waals surface area contributed by atoms with E-state index in [1.807, 2.05) is 12.1 Å². The Bertz CT molecular complexity index is 604. The second-order valence-corrected chi connectivity index (χ2v) is 7.26. The van der Waals surface area contributed by atoms with E-state index >= 15 is 0 Å². The number of rotatable bonds is 6. The van der Waals surface area contributed by atoms with E-state index in [1.165, 1.54) is 12.8 Å². The Morgan fingerprint density at radius 1 is 1.30 bits per heavy atom. The average Bonchev–Trinajstić information content (AvgIpc) is 3.26. The average molecular weight is 317 g/mol. The fourth-order valence-electron chi connectivity index (χ4n) is 3.25. The quantitative estimate of drug-likeness (QED) is 0.876. The molecule has 1 heterocycles. The second kappa shape index (κ2) is 7.02. The van der Waals surface area contributed by atoms with Gasteiger partial charge in [0, 0.05) is 31.3 Å². The molecule has 1 aliphatic heterocycles. The summed E-state index contributed by atoms with van der Waals surface area (Å²) in [7, 11) is 0. The van der Waals surface area contributed by atoms with Gasteiger partial charge in [0.15, 0.2) is 5.75 Å². The SMILES string of the molecule is CC(C)c1ccc(CN(C[C@H]2CCOC2)C2CC2)c(O)c(=O)c1. The van der Waals surface area contributed by atoms with E-state index in [-0.39, 0.29) is 17.1 Å². The first-order chi connectivity index (χ1) is 11.0. The smallest absolute Gasteiger partial charge is 0.220 e. The van der Waals surface area contributed by atoms with Crippen LogP contribution in [0.1, 0.15) is 50.2 Å². The molecule has 0 unspecified atom stereocenters. The van der Waals surface area contributed by atoms with Crippen LogP contribution in [-0.4, -0.2) is 35.8 Å². The predicted octanol–water partition coefficient (Wildman–Crippen LogP) is 2.88. The van der Waals surface area contributed by atoms with Crippen LogP contribution in [0.4, 0.5) is 0 Å². The Morgan fingerprint density at radius 3 is 2.70 bits per heavy atom. The van der Waals surface area contributed by atoms with Crippen molar-refractivity contribution in [3.8, 4) is 5.75 Å². The second-order valence-electron chi connectivity index (χ2n) is 7.26. The van der Waals surface area contributed by atoms with Crippen molar-refractivity contribution in [2.75, 3.05) is 19.8 Å². The van der Waals surface area contributed by atoms with Crippen molar-refractivity contribution in [3.63, 3.8) is 0 Å². The van der Waals surface area contributed by atoms with Gasteiger partial charge in [-0.15, -0.1) is 0 Å². The van der Waals surface area contributed by atoms with Crippen LogP contribution in [0, 0.1) is 5.92 Å². The first-order valence-corrected chi connectivity index (χ1v) is 8.72. The number of hydrogen-bond donors (Lipinski definition) is 1. The topological polar surface area (TPSA) is 49.8 Å². The minimum absolute atomic E-state index is 0.0924. The summed E-state index contributed by atoms with van der Waals surface area (Å²) >= 11 is 0. The normalized spacial score (nSPS) is 21.3. The van der Waals surface area contributed by atoms with Crippen molar-refractivity contribution < 1.29 is 9.84 Å². The van der Waals surface area contributed by atoms with E-state index < -0.39 is 0 Å². The molecule has 2 fully saturated rings. The molecule has 23 heavy (non-hydrogen) atoms. The first-order valence-electron chi connectivity index (χ1n) is 8.72. The van der Waals surface area contributed by atoms with Gasteiger partial charge < -0.3 is 9.84 Å². The van der Waals surface area contributed by atoms with Gasteiger partial charge in [0.25, 0.3) is 0 Å². The molecule has 0 radical (unpaired) electrons. The summed E-state index contributed by atoms with van der Waals surface area (Å²) in [6.07, 6.45) is 3.55. The molecule has 1 aliphatic carbocycles. The molecular weight excluding hydrogens is 290 g/mol. The highest BCUT2D eigenvalue weighted by Crippen LogP contribution is 2.31. The van der Waals surface area contributed by atoms with Gasteiger partial charge in [-0.25, -0.2) is 0 Å². The molecule has 1 atom stereocenters. The fourth-order valence-corrected chi connectivity index (χ4v) is 3.25. The molecule has 3 rings (SSSR count). The van der Waals surface area contributed by atoms with Crippen LogP contribution in [0.15, 0.2) is 23.0 Å². The van der Waals surface area contributed by atoms with Crippen LogP contribution in [0.3, 0.4) is 0 Å². The zero-order valence-electron chi connectivity index (χ0n) is 14.1. The third-order valence-corrected chi connectivity index (χ3v) is 4.93. The summed E-state index contributed by atoms with van der Waals surface area (Å²) in [5.41, 5.74) is 1.44. The van der Waals surface area contributed by atoms with Gasteiger partial charge in [0.05, 0.1) is 6.61 Å². The van der Waals surface area contributed by atoms with Crippen LogP contribution < -0.4 is 5.43 Å². The summed E-state index contributed by atoms with van der Waals surface area (Å²) in [4.78, 5) is 14.6. The molecule has 0 amide bonds. The van der Waals surface area contributed by atoms with Crippen molar-refractivity contribution in [1.29, 1.82) is 0 Å². The number of nitrogens with zero attached hydrogens (tertiary/aromatic N) is 1. The van der Waals surface area contributed by atoms with Gasteiger partial charge >= 0.3 is 0 Å². The summed E-state index contributed by atoms with van der Waals surface area (Å²) in [6, 6.07) is 6.06. The van der Waals surface area contributed by atoms with E-state index in [0.29, 0.717) is 18.5 Å². The number of aromatic hydroxyl groups is 1. The first kappa shape index (κ1) is 16.5. The summed E-state index contributed by atoms with van der Waals surface area (Å²) < 4.78 is 5.48. The molecule has 126 valence electrons. The molecule has 1 aromatic carbocycles. The highest BCUT2D eigenvalue weighted by molar-refractivity contribution is 5.34. The molecule has 4 heteroatoms. The van der Waals surface area contributed by atoms with Crippen LogP contribution in [0.2, 0.25) is 0 Å². The molecule has 0 spiro atoms. The number of hydrogen-bond acceptors (Lipinski definition) is 4. The third-order valence-electron chi connectivity index (χ3n) is 4.93. The fraction of sp³-hybridized carbons (Fsp3) is 0.632. The molecule has 2 aliphatic rings. The summed E-state index contributed by atoms with van der Waals surface area (Å²) in [6.45, 7) is 7.45. The predicted molar refractivity (Wildman–Crippen MR) is 90.8 cm³/mol. The largest absolute Gasteiger partial charge is 0.504 e. The van der Waals surface area contributed by atoms with Crippen LogP contribution >= 0.6 is 0 Å². The Morgan fingerprint density at radius 2 is 2.09 bits per heavy atom. The summed E-state index contributed by atoms with van der Waals surface area (Å²) in [5.74, 6) is 0.760. The molecule has 4 nitrogen and oxygen atoms in total. The van der Waals surface area contributed by atoms with Crippen LogP contribution in [-0.2, 0) is 11.3 Å². The lowest BCUT2D eigenvalue weighted by atomic mass is 10.1. The maximum absolute atomic E-state index is 12.2. The Balaban J connectivity index is 1.80. The van der Waals surface area contributed by atoms with Crippen LogP contribution in [0.25, 0.3) is 0 Å². The van der Waals surface area contributed by atoms with Crippen LogP contribution in [0.5, 0.6) is 5.75 Å². The van der Waals surface area contributed by atoms with E-state index in [1.54, 1.807) is 6.07 Å². The highest BCUT2D eigenvalue weighted by Gasteiger charge is 2.32. The molecule has 1 saturated carbocycles. The molecule has 1 saturated heterocycles. The van der Waals surface area contributed by atoms with Crippen molar-refractivity contribution in [2.24, 2.45) is 5.92 Å². The van der Waals surface area contributed by atoms with E-state index in [4.69, 9.17) is 4.74 Å². The zero-order chi connectivity index (χ0) is 16.4. The molecule has 1 aromatic rings. The Labute approximate surface area is 138 Å². The highest BCUT2D eigenvalue weighted by atomic mass is 16.5. The minimum Gasteiger partial charge on any atom is -0.504 e. The standard InChI is InChI=1S/C19H27NO3/c1-13(2)15-3-4-16(19(22)18(21)9-15)11-20(17-5-6-17)10-14-7-8-23-12-14/h3-4,9,13-14,17H,5-8,10-12H2,1-2H3,(H,21,22)/t14-/m1/s1. The molecule has 0 bridgehead atoms. The molecule has 0 aromatic heterocycles. The monoisotopic (exact) mass is 317 g/mol. The maximum Gasteiger partial charge on any atom is 0.220 e. The Hall–Kier alpha value is -1.39. The molecular formula is C19H27NO3. The van der Waals surface area contributed by atoms with Gasteiger partial charge in [-0.1, -0.05) is 26.0 Å². The van der Waals surface area contributed by atoms with Gasteiger partial charge in [-0.05, 0) is 42.7 Å². The Kier molecular flexibility index (Phi) is 5.02. The van der Waals surface area contributed by atoms with Crippen molar-refractivity contribution in [3.05, 3.63) is 39.5 Å². The van der Waals surface area contributed by atoms with Crippen molar-refractivity contribution in [1.82, 2.24) is 4.90 Å². The third kappa shape index (κ3) is 4.12. The number of ether oxygens (including phenoxy) is 1. The van der Waals surface area contributed by atoms with Gasteiger partial charge in [-0.2, -0.15) is 0 Å². The summed E-state index contributed by atoms with van der Waals surface area (Å²) in [5, 5.41) is 10.3. The van der Waals surface area contributed by atoms with E-state index in [9.17, 15) is 9.90 Å². The zero-order valence-corrected chi connectivity index (χ0v) is 14.1. The van der Waals surface area contributed by atoms with E-state index in [2.05, 4.69) is 18.7 Å². The van der Waals surface area contributed by atoms with Crippen molar-refractivity contribution in [2.45, 2.75) is 51.6 Å². The lowest BCUT2D eigenvalue weighted by molar-refractivity contribution is 0.161. The maximum atomic E-state index is 12.2. The van der Waals surface area contributed by atoms with Gasteiger partial charge in [-0.3, -0.25) is 9.69 Å². The van der Waals surface area contributed by atoms with Crippen molar-refractivity contribution >= 4 is 0 Å². The van der Waals surface area contributed by atoms with E-state index in [0.717, 1.165) is 37.3 Å². The van der Waals surface area contributed by atoms with Gasteiger partial charge in [0.1, 0.15) is 0 Å². The van der Waals surface area contributed by atoms with Gasteiger partial charge in [0.2, 0.25) is 5.43 Å².